The number of imide groups is 1. The SMILES string of the molecule is CCOC(=O)[C@H](C)Oc1c(I)cc(/C=C2\NC(=O)N(Cc3ccc(C(=O)OC)o3)C2=O)cc1OC. The molecule has 0 radical (unpaired) electrons. The van der Waals surface area contributed by atoms with Gasteiger partial charge in [0.05, 0.1) is 30.9 Å². The summed E-state index contributed by atoms with van der Waals surface area (Å²) in [5.74, 6) is -0.864. The third kappa shape index (κ3) is 5.93. The lowest BCUT2D eigenvalue weighted by molar-refractivity contribution is -0.150. The van der Waals surface area contributed by atoms with Gasteiger partial charge in [-0.3, -0.25) is 9.69 Å². The van der Waals surface area contributed by atoms with Crippen molar-refractivity contribution in [2.75, 3.05) is 20.8 Å². The summed E-state index contributed by atoms with van der Waals surface area (Å²) in [6, 6.07) is 5.57. The van der Waals surface area contributed by atoms with Crippen LogP contribution in [0.1, 0.15) is 35.7 Å². The van der Waals surface area contributed by atoms with Crippen molar-refractivity contribution in [3.63, 3.8) is 0 Å². The van der Waals surface area contributed by atoms with Crippen LogP contribution in [0.2, 0.25) is 0 Å². The number of methoxy groups -OCH3 is 2. The zero-order valence-electron chi connectivity index (χ0n) is 19.4. The van der Waals surface area contributed by atoms with Crippen molar-refractivity contribution in [2.45, 2.75) is 26.5 Å². The first kappa shape index (κ1) is 26.1. The summed E-state index contributed by atoms with van der Waals surface area (Å²) in [6.45, 7) is 3.34. The number of carbonyl (C=O) groups excluding carboxylic acids is 4. The first-order valence-electron chi connectivity index (χ1n) is 10.4. The molecule has 1 saturated heterocycles. The number of rotatable bonds is 9. The Balaban J connectivity index is 1.80. The Morgan fingerprint density at radius 2 is 1.97 bits per heavy atom. The minimum absolute atomic E-state index is 0.0356. The van der Waals surface area contributed by atoms with Gasteiger partial charge in [0.1, 0.15) is 11.5 Å². The van der Waals surface area contributed by atoms with Crippen molar-refractivity contribution < 1.29 is 42.5 Å². The number of hydrogen-bond acceptors (Lipinski definition) is 9. The fourth-order valence-corrected chi connectivity index (χ4v) is 3.89. The van der Waals surface area contributed by atoms with E-state index in [0.717, 1.165) is 4.90 Å². The van der Waals surface area contributed by atoms with Gasteiger partial charge in [0, 0.05) is 0 Å². The van der Waals surface area contributed by atoms with E-state index >= 15 is 0 Å². The van der Waals surface area contributed by atoms with Crippen molar-refractivity contribution >= 4 is 52.5 Å². The molecule has 3 amide bonds. The number of nitrogens with one attached hydrogen (secondary N) is 1. The maximum absolute atomic E-state index is 12.8. The fraction of sp³-hybridized carbons (Fsp3) is 0.304. The molecule has 2 heterocycles. The van der Waals surface area contributed by atoms with Gasteiger partial charge in [0.2, 0.25) is 5.76 Å². The van der Waals surface area contributed by atoms with Crippen molar-refractivity contribution in [2.24, 2.45) is 0 Å². The van der Waals surface area contributed by atoms with E-state index in [1.807, 2.05) is 22.6 Å². The molecule has 1 fully saturated rings. The summed E-state index contributed by atoms with van der Waals surface area (Å²) >= 11 is 2.02. The lowest BCUT2D eigenvalue weighted by atomic mass is 10.1. The minimum atomic E-state index is -0.855. The second kappa shape index (κ2) is 11.3. The maximum atomic E-state index is 12.8. The van der Waals surface area contributed by atoms with Gasteiger partial charge in [-0.15, -0.1) is 0 Å². The summed E-state index contributed by atoms with van der Waals surface area (Å²) in [5.41, 5.74) is 0.597. The van der Waals surface area contributed by atoms with Crippen LogP contribution in [0.5, 0.6) is 11.5 Å². The normalized spacial score (nSPS) is 15.1. The molecule has 1 aromatic carbocycles. The summed E-state index contributed by atoms with van der Waals surface area (Å²) in [6.07, 6.45) is 0.637. The maximum Gasteiger partial charge on any atom is 0.373 e. The van der Waals surface area contributed by atoms with Crippen LogP contribution in [0.15, 0.2) is 34.4 Å². The highest BCUT2D eigenvalue weighted by Crippen LogP contribution is 2.35. The van der Waals surface area contributed by atoms with Crippen molar-refractivity contribution in [1.29, 1.82) is 0 Å². The topological polar surface area (TPSA) is 134 Å². The molecule has 1 N–H and O–H groups in total. The van der Waals surface area contributed by atoms with Crippen LogP contribution in [-0.2, 0) is 25.6 Å². The number of halogens is 1. The summed E-state index contributed by atoms with van der Waals surface area (Å²) in [7, 11) is 2.66. The first-order valence-corrected chi connectivity index (χ1v) is 11.5. The molecule has 0 bridgehead atoms. The monoisotopic (exact) mass is 598 g/mol. The summed E-state index contributed by atoms with van der Waals surface area (Å²) < 4.78 is 26.6. The third-order valence-electron chi connectivity index (χ3n) is 4.80. The number of hydrogen-bond donors (Lipinski definition) is 1. The zero-order chi connectivity index (χ0) is 25.7. The van der Waals surface area contributed by atoms with Crippen molar-refractivity contribution in [3.8, 4) is 11.5 Å². The van der Waals surface area contributed by atoms with E-state index < -0.39 is 30.0 Å². The molecule has 186 valence electrons. The number of amides is 3. The van der Waals surface area contributed by atoms with Crippen LogP contribution < -0.4 is 14.8 Å². The number of benzene rings is 1. The average molecular weight is 598 g/mol. The van der Waals surface area contributed by atoms with Crippen LogP contribution in [0.3, 0.4) is 0 Å². The number of urea groups is 1. The molecule has 1 aromatic heterocycles. The van der Waals surface area contributed by atoms with Crippen LogP contribution in [0.25, 0.3) is 6.08 Å². The smallest absolute Gasteiger partial charge is 0.373 e. The van der Waals surface area contributed by atoms with Crippen molar-refractivity contribution in [3.05, 3.63) is 50.6 Å². The number of ether oxygens (including phenoxy) is 4. The van der Waals surface area contributed by atoms with E-state index in [1.54, 1.807) is 26.0 Å². The Morgan fingerprint density at radius 3 is 2.63 bits per heavy atom. The van der Waals surface area contributed by atoms with Gasteiger partial charge in [-0.25, -0.2) is 14.4 Å². The highest BCUT2D eigenvalue weighted by molar-refractivity contribution is 14.1. The molecule has 3 rings (SSSR count). The molecule has 0 spiro atoms. The largest absolute Gasteiger partial charge is 0.493 e. The van der Waals surface area contributed by atoms with E-state index in [9.17, 15) is 19.2 Å². The number of esters is 2. The number of nitrogens with zero attached hydrogens (tertiary/aromatic N) is 1. The molecule has 12 heteroatoms. The van der Waals surface area contributed by atoms with Gasteiger partial charge in [0.25, 0.3) is 5.91 Å². The van der Waals surface area contributed by atoms with E-state index in [-0.39, 0.29) is 30.4 Å². The van der Waals surface area contributed by atoms with Gasteiger partial charge in [0.15, 0.2) is 17.6 Å². The standard InChI is InChI=1S/C23H23IN2O9/c1-5-33-21(28)12(2)34-19-15(24)8-13(10-18(19)31-3)9-16-20(27)26(23(30)25-16)11-14-6-7-17(35-14)22(29)32-4/h6-10,12H,5,11H2,1-4H3,(H,25,30)/b16-9-/t12-/m0/s1. The molecule has 35 heavy (non-hydrogen) atoms. The number of furan rings is 1. The molecule has 0 unspecified atom stereocenters. The molecule has 0 aliphatic carbocycles. The van der Waals surface area contributed by atoms with Gasteiger partial charge in [-0.2, -0.15) is 0 Å². The van der Waals surface area contributed by atoms with E-state index in [2.05, 4.69) is 10.1 Å². The summed E-state index contributed by atoms with van der Waals surface area (Å²) in [4.78, 5) is 49.7. The Morgan fingerprint density at radius 1 is 1.23 bits per heavy atom. The minimum Gasteiger partial charge on any atom is -0.493 e. The first-order chi connectivity index (χ1) is 16.7. The van der Waals surface area contributed by atoms with Gasteiger partial charge in [-0.05, 0) is 72.3 Å². The highest BCUT2D eigenvalue weighted by Gasteiger charge is 2.34. The average Bonchev–Trinajstić information content (AvgIpc) is 3.40. The number of carbonyl (C=O) groups is 4. The predicted molar refractivity (Wildman–Crippen MR) is 130 cm³/mol. The van der Waals surface area contributed by atoms with E-state index in [1.165, 1.54) is 32.4 Å². The van der Waals surface area contributed by atoms with Crippen LogP contribution in [0.4, 0.5) is 4.79 Å². The fourth-order valence-electron chi connectivity index (χ4n) is 3.13. The lowest BCUT2D eigenvalue weighted by Gasteiger charge is -2.17. The molecular formula is C23H23IN2O9. The van der Waals surface area contributed by atoms with Crippen LogP contribution in [-0.4, -0.2) is 55.7 Å². The quantitative estimate of drug-likeness (QED) is 0.200. The van der Waals surface area contributed by atoms with E-state index in [4.69, 9.17) is 18.6 Å². The van der Waals surface area contributed by atoms with Crippen LogP contribution in [0, 0.1) is 3.57 Å². The Kier molecular flexibility index (Phi) is 8.38. The second-order valence-electron chi connectivity index (χ2n) is 7.18. The Bertz CT molecular complexity index is 1190. The molecule has 1 aliphatic heterocycles. The van der Waals surface area contributed by atoms with Gasteiger partial charge >= 0.3 is 18.0 Å². The molecule has 0 saturated carbocycles. The highest BCUT2D eigenvalue weighted by atomic mass is 127. The molecule has 11 nitrogen and oxygen atoms in total. The lowest BCUT2D eigenvalue weighted by Crippen LogP contribution is -2.30. The Hall–Kier alpha value is -3.55. The zero-order valence-corrected chi connectivity index (χ0v) is 21.5. The van der Waals surface area contributed by atoms with Gasteiger partial charge in [-0.1, -0.05) is 0 Å². The molecule has 1 atom stereocenters. The van der Waals surface area contributed by atoms with Crippen LogP contribution >= 0.6 is 22.6 Å². The van der Waals surface area contributed by atoms with E-state index in [0.29, 0.717) is 20.6 Å². The molecule has 2 aromatic rings. The van der Waals surface area contributed by atoms with Crippen molar-refractivity contribution in [1.82, 2.24) is 10.2 Å². The molecule has 1 aliphatic rings. The second-order valence-corrected chi connectivity index (χ2v) is 8.35. The summed E-state index contributed by atoms with van der Waals surface area (Å²) in [5, 5.41) is 2.53. The predicted octanol–water partition coefficient (Wildman–Crippen LogP) is 3.10. The third-order valence-corrected chi connectivity index (χ3v) is 5.60. The molecular weight excluding hydrogens is 575 g/mol. The Labute approximate surface area is 214 Å². The van der Waals surface area contributed by atoms with Gasteiger partial charge < -0.3 is 28.7 Å².